The van der Waals surface area contributed by atoms with Crippen molar-refractivity contribution in [3.05, 3.63) is 29.8 Å². The van der Waals surface area contributed by atoms with E-state index in [9.17, 15) is 4.79 Å². The molecule has 0 atom stereocenters. The van der Waals surface area contributed by atoms with E-state index in [-0.39, 0.29) is 5.91 Å². The standard InChI is InChI=1S/C13H19NO/c1-4-6-13(15)14-12-8-5-7-11(9-12)10(2)3/h5,7-10H,4,6H2,1-3H3,(H,14,15). The average molecular weight is 205 g/mol. The fourth-order valence-electron chi connectivity index (χ4n) is 1.43. The SMILES string of the molecule is CCCC(=O)Nc1cccc(C(C)C)c1. The van der Waals surface area contributed by atoms with Crippen LogP contribution in [0.4, 0.5) is 5.69 Å². The Morgan fingerprint density at radius 1 is 1.40 bits per heavy atom. The Hall–Kier alpha value is -1.31. The number of anilines is 1. The lowest BCUT2D eigenvalue weighted by atomic mass is 10.0. The van der Waals surface area contributed by atoms with Gasteiger partial charge in [0, 0.05) is 12.1 Å². The second-order valence-electron chi connectivity index (χ2n) is 4.08. The number of hydrogen-bond acceptors (Lipinski definition) is 1. The Morgan fingerprint density at radius 3 is 2.73 bits per heavy atom. The third kappa shape index (κ3) is 3.74. The van der Waals surface area contributed by atoms with Crippen molar-refractivity contribution in [2.75, 3.05) is 5.32 Å². The highest BCUT2D eigenvalue weighted by Gasteiger charge is 2.03. The summed E-state index contributed by atoms with van der Waals surface area (Å²) in [5.41, 5.74) is 2.16. The number of hydrogen-bond donors (Lipinski definition) is 1. The van der Waals surface area contributed by atoms with Crippen LogP contribution < -0.4 is 5.32 Å². The van der Waals surface area contributed by atoms with E-state index >= 15 is 0 Å². The molecule has 0 heterocycles. The summed E-state index contributed by atoms with van der Waals surface area (Å²) in [5.74, 6) is 0.589. The van der Waals surface area contributed by atoms with Gasteiger partial charge in [-0.25, -0.2) is 0 Å². The van der Waals surface area contributed by atoms with Crippen LogP contribution in [0.1, 0.15) is 45.1 Å². The van der Waals surface area contributed by atoms with Crippen LogP contribution in [0.15, 0.2) is 24.3 Å². The molecule has 82 valence electrons. The van der Waals surface area contributed by atoms with E-state index in [1.807, 2.05) is 25.1 Å². The number of benzene rings is 1. The smallest absolute Gasteiger partial charge is 0.224 e. The number of nitrogens with one attached hydrogen (secondary N) is 1. The molecule has 0 saturated heterocycles. The first-order valence-corrected chi connectivity index (χ1v) is 5.53. The average Bonchev–Trinajstić information content (AvgIpc) is 2.18. The van der Waals surface area contributed by atoms with Gasteiger partial charge in [0.25, 0.3) is 0 Å². The second kappa shape index (κ2) is 5.54. The third-order valence-electron chi connectivity index (χ3n) is 2.31. The van der Waals surface area contributed by atoms with Crippen LogP contribution in [0.3, 0.4) is 0 Å². The highest BCUT2D eigenvalue weighted by atomic mass is 16.1. The van der Waals surface area contributed by atoms with Crippen molar-refractivity contribution >= 4 is 11.6 Å². The van der Waals surface area contributed by atoms with Gasteiger partial charge in [-0.1, -0.05) is 32.9 Å². The van der Waals surface area contributed by atoms with Gasteiger partial charge in [-0.3, -0.25) is 4.79 Å². The summed E-state index contributed by atoms with van der Waals surface area (Å²) in [6.45, 7) is 6.30. The van der Waals surface area contributed by atoms with Crippen molar-refractivity contribution in [2.24, 2.45) is 0 Å². The van der Waals surface area contributed by atoms with Crippen LogP contribution in [0.25, 0.3) is 0 Å². The molecule has 0 radical (unpaired) electrons. The zero-order chi connectivity index (χ0) is 11.3. The van der Waals surface area contributed by atoms with Gasteiger partial charge >= 0.3 is 0 Å². The van der Waals surface area contributed by atoms with Crippen molar-refractivity contribution in [1.82, 2.24) is 0 Å². The molecule has 1 rings (SSSR count). The Morgan fingerprint density at radius 2 is 2.13 bits per heavy atom. The quantitative estimate of drug-likeness (QED) is 0.800. The maximum absolute atomic E-state index is 11.4. The summed E-state index contributed by atoms with van der Waals surface area (Å²) in [5, 5.41) is 2.90. The number of carbonyl (C=O) groups excluding carboxylic acids is 1. The third-order valence-corrected chi connectivity index (χ3v) is 2.31. The maximum Gasteiger partial charge on any atom is 0.224 e. The molecule has 1 N–H and O–H groups in total. The molecular weight excluding hydrogens is 186 g/mol. The molecule has 0 spiro atoms. The molecule has 0 aliphatic rings. The van der Waals surface area contributed by atoms with E-state index in [1.165, 1.54) is 5.56 Å². The Bertz CT molecular complexity index is 331. The Balaban J connectivity index is 2.69. The topological polar surface area (TPSA) is 29.1 Å². The van der Waals surface area contributed by atoms with Gasteiger partial charge in [-0.05, 0) is 30.0 Å². The number of amides is 1. The molecule has 1 amide bonds. The summed E-state index contributed by atoms with van der Waals surface area (Å²) in [4.78, 5) is 11.4. The second-order valence-corrected chi connectivity index (χ2v) is 4.08. The summed E-state index contributed by atoms with van der Waals surface area (Å²) in [6.07, 6.45) is 1.47. The molecule has 0 fully saturated rings. The first-order chi connectivity index (χ1) is 7.13. The lowest BCUT2D eigenvalue weighted by Gasteiger charge is -2.09. The first-order valence-electron chi connectivity index (χ1n) is 5.53. The normalized spacial score (nSPS) is 10.4. The van der Waals surface area contributed by atoms with Gasteiger partial charge < -0.3 is 5.32 Å². The minimum Gasteiger partial charge on any atom is -0.326 e. The van der Waals surface area contributed by atoms with Crippen molar-refractivity contribution < 1.29 is 4.79 Å². The van der Waals surface area contributed by atoms with Crippen molar-refractivity contribution in [3.63, 3.8) is 0 Å². The zero-order valence-electron chi connectivity index (χ0n) is 9.71. The molecule has 1 aromatic rings. The van der Waals surface area contributed by atoms with Crippen LogP contribution in [0, 0.1) is 0 Å². The van der Waals surface area contributed by atoms with E-state index in [0.29, 0.717) is 12.3 Å². The molecule has 0 aliphatic heterocycles. The molecule has 15 heavy (non-hydrogen) atoms. The van der Waals surface area contributed by atoms with Crippen molar-refractivity contribution in [3.8, 4) is 0 Å². The van der Waals surface area contributed by atoms with Gasteiger partial charge in [0.15, 0.2) is 0 Å². The molecule has 0 saturated carbocycles. The lowest BCUT2D eigenvalue weighted by Crippen LogP contribution is -2.10. The van der Waals surface area contributed by atoms with E-state index < -0.39 is 0 Å². The van der Waals surface area contributed by atoms with E-state index in [2.05, 4.69) is 25.2 Å². The van der Waals surface area contributed by atoms with Gasteiger partial charge in [0.1, 0.15) is 0 Å². The van der Waals surface area contributed by atoms with Gasteiger partial charge in [-0.2, -0.15) is 0 Å². The monoisotopic (exact) mass is 205 g/mol. The lowest BCUT2D eigenvalue weighted by molar-refractivity contribution is -0.116. The van der Waals surface area contributed by atoms with Gasteiger partial charge in [0.05, 0.1) is 0 Å². The number of carbonyl (C=O) groups is 1. The highest BCUT2D eigenvalue weighted by Crippen LogP contribution is 2.18. The van der Waals surface area contributed by atoms with Crippen LogP contribution in [0.5, 0.6) is 0 Å². The summed E-state index contributed by atoms with van der Waals surface area (Å²) in [6, 6.07) is 8.04. The fraction of sp³-hybridized carbons (Fsp3) is 0.462. The molecule has 2 nitrogen and oxygen atoms in total. The van der Waals surface area contributed by atoms with Crippen molar-refractivity contribution in [2.45, 2.75) is 39.5 Å². The predicted octanol–water partition coefficient (Wildman–Crippen LogP) is 3.55. The minimum absolute atomic E-state index is 0.0957. The largest absolute Gasteiger partial charge is 0.326 e. The highest BCUT2D eigenvalue weighted by molar-refractivity contribution is 5.90. The predicted molar refractivity (Wildman–Crippen MR) is 64.1 cm³/mol. The van der Waals surface area contributed by atoms with E-state index in [4.69, 9.17) is 0 Å². The number of rotatable bonds is 4. The van der Waals surface area contributed by atoms with Crippen LogP contribution in [0.2, 0.25) is 0 Å². The Kier molecular flexibility index (Phi) is 4.35. The summed E-state index contributed by atoms with van der Waals surface area (Å²) in [7, 11) is 0. The molecule has 0 unspecified atom stereocenters. The fourth-order valence-corrected chi connectivity index (χ4v) is 1.43. The van der Waals surface area contributed by atoms with Gasteiger partial charge in [0.2, 0.25) is 5.91 Å². The zero-order valence-corrected chi connectivity index (χ0v) is 9.71. The molecule has 1 aromatic carbocycles. The minimum atomic E-state index is 0.0957. The van der Waals surface area contributed by atoms with Crippen LogP contribution >= 0.6 is 0 Å². The Labute approximate surface area is 91.7 Å². The van der Waals surface area contributed by atoms with E-state index in [0.717, 1.165) is 12.1 Å². The molecule has 0 bridgehead atoms. The van der Waals surface area contributed by atoms with Crippen molar-refractivity contribution in [1.29, 1.82) is 0 Å². The molecule has 2 heteroatoms. The maximum atomic E-state index is 11.4. The van der Waals surface area contributed by atoms with Gasteiger partial charge in [-0.15, -0.1) is 0 Å². The molecular formula is C13H19NO. The molecule has 0 aromatic heterocycles. The van der Waals surface area contributed by atoms with Crippen LogP contribution in [-0.4, -0.2) is 5.91 Å². The molecule has 0 aliphatic carbocycles. The van der Waals surface area contributed by atoms with E-state index in [1.54, 1.807) is 0 Å². The summed E-state index contributed by atoms with van der Waals surface area (Å²) >= 11 is 0. The first kappa shape index (κ1) is 11.8. The summed E-state index contributed by atoms with van der Waals surface area (Å²) < 4.78 is 0. The van der Waals surface area contributed by atoms with Crippen LogP contribution in [-0.2, 0) is 4.79 Å².